The van der Waals surface area contributed by atoms with Gasteiger partial charge in [-0.15, -0.1) is 11.3 Å². The number of piperidine rings is 2. The molecule has 3 amide bonds. The van der Waals surface area contributed by atoms with Gasteiger partial charge in [0.25, 0.3) is 0 Å². The molecule has 2 bridgehead atoms. The highest BCUT2D eigenvalue weighted by Crippen LogP contribution is 2.40. The summed E-state index contributed by atoms with van der Waals surface area (Å²) in [5.41, 5.74) is 5.31. The molecule has 5 saturated heterocycles. The van der Waals surface area contributed by atoms with Crippen molar-refractivity contribution < 1.29 is 33.0 Å². The third-order valence-corrected chi connectivity index (χ3v) is 18.9. The van der Waals surface area contributed by atoms with Gasteiger partial charge in [0.05, 0.1) is 34.1 Å². The van der Waals surface area contributed by atoms with Gasteiger partial charge in [-0.3, -0.25) is 29.2 Å². The van der Waals surface area contributed by atoms with E-state index >= 15 is 8.78 Å². The number of pyridine rings is 1. The highest BCUT2D eigenvalue weighted by atomic mass is 32.1. The number of benzene rings is 3. The molecule has 5 fully saturated rings. The van der Waals surface area contributed by atoms with E-state index in [0.717, 1.165) is 112 Å². The van der Waals surface area contributed by atoms with Crippen LogP contribution in [0, 0.1) is 24.1 Å². The molecule has 0 radical (unpaired) electrons. The number of anilines is 1. The number of phenolic OH excluding ortho intramolecular Hbond substituents is 1. The summed E-state index contributed by atoms with van der Waals surface area (Å²) in [7, 11) is 0. The Labute approximate surface area is 491 Å². The number of carbonyl (C=O) groups excluding carboxylic acids is 3. The smallest absolute Gasteiger partial charge is 0.319 e. The van der Waals surface area contributed by atoms with Crippen LogP contribution in [-0.2, 0) is 20.8 Å². The average molecular weight is 1160 g/mol. The molecule has 0 aliphatic carbocycles. The number of phenols is 1. The Balaban J connectivity index is 0.000000387. The molecule has 5 unspecified atom stereocenters. The number of thiazole rings is 1. The molecule has 3 aromatic heterocycles. The fourth-order valence-corrected chi connectivity index (χ4v) is 14.0. The summed E-state index contributed by atoms with van der Waals surface area (Å²) in [4.78, 5) is 65.3. The zero-order valence-corrected chi connectivity index (χ0v) is 50.2. The normalized spacial score (nSPS) is 21.1. The van der Waals surface area contributed by atoms with Crippen LogP contribution in [0.5, 0.6) is 11.8 Å². The van der Waals surface area contributed by atoms with Crippen LogP contribution >= 0.6 is 11.3 Å². The predicted molar refractivity (Wildman–Crippen MR) is 324 cm³/mol. The van der Waals surface area contributed by atoms with Crippen molar-refractivity contribution in [3.05, 3.63) is 88.9 Å². The summed E-state index contributed by atoms with van der Waals surface area (Å²) in [5, 5.41) is 22.4. The molecule has 3 aromatic carbocycles. The minimum absolute atomic E-state index is 0.0124. The minimum Gasteiger partial charge on any atom is -0.508 e. The second-order valence-corrected chi connectivity index (χ2v) is 25.8. The third kappa shape index (κ3) is 13.9. The Bertz CT molecular complexity index is 3240. The molecule has 6 aromatic rings. The van der Waals surface area contributed by atoms with Gasteiger partial charge in [0.1, 0.15) is 41.1 Å². The van der Waals surface area contributed by atoms with Crippen LogP contribution in [0.1, 0.15) is 122 Å². The highest BCUT2D eigenvalue weighted by Gasteiger charge is 2.41. The molecule has 5 aliphatic rings. The summed E-state index contributed by atoms with van der Waals surface area (Å²) in [5.74, 6) is 0.157. The van der Waals surface area contributed by atoms with Crippen molar-refractivity contribution >= 4 is 57.1 Å². The standard InChI is InChI=1S/C51H69F2N9O4.C13H14N2OS/c1-6-34-10-7-11-35-25-38(63)26-39(42(34)35)44-43(52)45-40(28-54-44)47(61-29-36-12-13-37(30-61)55-36)58-49(57-45)66-24-23-59-19-14-33(15-20-59)27-51(53)16-21-60(22-17-51)31-41(64)56-46(50(3,4)5)48(65)62-18-8-9-32(62)2;1-9(14-7-16)11-3-5-12(6-4-11)13-10(2)15-8-17-13/h7,10-11,25-26,28,32-33,36-37,46,55,63H,6,8-9,12-24,27,29-31H2,1-5H3,(H,56,64);3-9H,1-2H3,(H,14,16). The second kappa shape index (κ2) is 25.8. The molecule has 8 heterocycles. The van der Waals surface area contributed by atoms with Gasteiger partial charge in [0.2, 0.25) is 18.2 Å². The summed E-state index contributed by atoms with van der Waals surface area (Å²) < 4.78 is 39.7. The first-order valence-electron chi connectivity index (χ1n) is 30.1. The van der Waals surface area contributed by atoms with Crippen molar-refractivity contribution in [2.75, 3.05) is 70.4 Å². The number of alkyl halides is 1. The number of aryl methyl sites for hydroxylation is 2. The van der Waals surface area contributed by atoms with Crippen LogP contribution in [0.25, 0.3) is 43.4 Å². The Morgan fingerprint density at radius 3 is 2.35 bits per heavy atom. The maximum Gasteiger partial charge on any atom is 0.319 e. The number of nitrogens with zero attached hydrogens (tertiary/aromatic N) is 8. The van der Waals surface area contributed by atoms with E-state index in [2.05, 4.69) is 56.7 Å². The number of halogens is 2. The number of hydrogen-bond acceptors (Lipinski definition) is 14. The zero-order valence-electron chi connectivity index (χ0n) is 49.4. The number of piperazine rings is 1. The van der Waals surface area contributed by atoms with Crippen molar-refractivity contribution in [1.82, 2.24) is 50.6 Å². The second-order valence-electron chi connectivity index (χ2n) is 25.0. The van der Waals surface area contributed by atoms with Crippen LogP contribution in [0.4, 0.5) is 14.6 Å². The van der Waals surface area contributed by atoms with Crippen LogP contribution in [-0.4, -0.2) is 153 Å². The van der Waals surface area contributed by atoms with Crippen molar-refractivity contribution in [3.63, 3.8) is 0 Å². The number of rotatable bonds is 17. The fraction of sp³-hybridized carbons (Fsp3) is 0.547. The molecule has 444 valence electrons. The molecule has 83 heavy (non-hydrogen) atoms. The lowest BCUT2D eigenvalue weighted by Crippen LogP contribution is -2.57. The molecule has 5 atom stereocenters. The number of carbonyl (C=O) groups is 3. The Morgan fingerprint density at radius 2 is 1.70 bits per heavy atom. The molecule has 19 heteroatoms. The van der Waals surface area contributed by atoms with Crippen LogP contribution in [0.2, 0.25) is 0 Å². The molecular formula is C64H83F2N11O5S. The predicted octanol–water partition coefficient (Wildman–Crippen LogP) is 9.95. The summed E-state index contributed by atoms with van der Waals surface area (Å²) in [6, 6.07) is 17.8. The third-order valence-electron chi connectivity index (χ3n) is 18.0. The molecular weight excluding hydrogens is 1070 g/mol. The molecule has 0 spiro atoms. The van der Waals surface area contributed by atoms with Crippen molar-refractivity contribution in [2.24, 2.45) is 11.3 Å². The van der Waals surface area contributed by atoms with E-state index in [0.29, 0.717) is 74.4 Å². The Kier molecular flexibility index (Phi) is 18.6. The summed E-state index contributed by atoms with van der Waals surface area (Å²) in [6.07, 6.45) is 10.4. The monoisotopic (exact) mass is 1160 g/mol. The van der Waals surface area contributed by atoms with Crippen molar-refractivity contribution in [2.45, 2.75) is 149 Å². The molecule has 16 nitrogen and oxygen atoms in total. The lowest BCUT2D eigenvalue weighted by atomic mass is 9.80. The van der Waals surface area contributed by atoms with E-state index in [1.165, 1.54) is 10.4 Å². The van der Waals surface area contributed by atoms with Gasteiger partial charge in [-0.05, 0) is 149 Å². The lowest BCUT2D eigenvalue weighted by molar-refractivity contribution is -0.140. The maximum atomic E-state index is 17.0. The maximum absolute atomic E-state index is 17.0. The summed E-state index contributed by atoms with van der Waals surface area (Å²) >= 11 is 1.64. The Morgan fingerprint density at radius 1 is 0.964 bits per heavy atom. The first-order chi connectivity index (χ1) is 39.9. The number of aromatic hydroxyl groups is 1. The first-order valence-corrected chi connectivity index (χ1v) is 30.9. The van der Waals surface area contributed by atoms with Crippen LogP contribution in [0.3, 0.4) is 0 Å². The van der Waals surface area contributed by atoms with E-state index in [-0.39, 0.29) is 59.3 Å². The van der Waals surface area contributed by atoms with Gasteiger partial charge in [0.15, 0.2) is 5.82 Å². The lowest BCUT2D eigenvalue weighted by Gasteiger charge is -2.40. The van der Waals surface area contributed by atoms with Gasteiger partial charge in [-0.2, -0.15) is 9.97 Å². The van der Waals surface area contributed by atoms with Gasteiger partial charge < -0.3 is 35.6 Å². The van der Waals surface area contributed by atoms with Crippen molar-refractivity contribution in [3.8, 4) is 33.5 Å². The highest BCUT2D eigenvalue weighted by molar-refractivity contribution is 7.13. The van der Waals surface area contributed by atoms with E-state index in [1.807, 2.05) is 80.3 Å². The number of ether oxygens (including phenoxy) is 1. The fourth-order valence-electron chi connectivity index (χ4n) is 13.2. The van der Waals surface area contributed by atoms with Gasteiger partial charge >= 0.3 is 6.01 Å². The number of fused-ring (bicyclic) bond motifs is 4. The average Bonchev–Trinajstić information content (AvgIpc) is 3.87. The number of likely N-dealkylation sites (tertiary alicyclic amines) is 3. The number of hydrogen-bond donors (Lipinski definition) is 4. The topological polar surface area (TPSA) is 181 Å². The minimum atomic E-state index is -1.26. The van der Waals surface area contributed by atoms with E-state index in [4.69, 9.17) is 19.7 Å². The van der Waals surface area contributed by atoms with E-state index in [9.17, 15) is 19.5 Å². The summed E-state index contributed by atoms with van der Waals surface area (Å²) in [6.45, 7) is 20.1. The van der Waals surface area contributed by atoms with Crippen LogP contribution < -0.4 is 25.6 Å². The largest absolute Gasteiger partial charge is 0.508 e. The van der Waals surface area contributed by atoms with Gasteiger partial charge in [-0.25, -0.2) is 13.8 Å². The SMILES string of the molecule is CCc1cccc2cc(O)cc(-c3ncc4c(N5CC6CCC(C5)N6)nc(OCCN5CCC(CC6(F)CCN(CC(=O)NC(C(=O)N7CCCC7C)C(C)(C)C)CC6)CC5)nc4c3F)c12.Cc1ncsc1-c1ccc(C(C)NC=O)cc1. The molecule has 5 aliphatic heterocycles. The van der Waals surface area contributed by atoms with E-state index < -0.39 is 22.9 Å². The zero-order chi connectivity index (χ0) is 58.6. The van der Waals surface area contributed by atoms with Crippen LogP contribution in [0.15, 0.2) is 66.3 Å². The molecule has 4 N–H and O–H groups in total. The number of aromatic nitrogens is 4. The van der Waals surface area contributed by atoms with E-state index in [1.54, 1.807) is 29.7 Å². The van der Waals surface area contributed by atoms with Gasteiger partial charge in [-0.1, -0.05) is 70.2 Å². The molecule has 0 saturated carbocycles. The number of amides is 3. The van der Waals surface area contributed by atoms with Crippen molar-refractivity contribution in [1.29, 1.82) is 0 Å². The van der Waals surface area contributed by atoms with Gasteiger partial charge in [0, 0.05) is 69.2 Å². The molecule has 11 rings (SSSR count). The first kappa shape index (κ1) is 59.7. The quantitative estimate of drug-likeness (QED) is 0.0635. The number of nitrogens with one attached hydrogen (secondary N) is 3. The Hall–Kier alpha value is -6.41.